The number of aryl methyl sites for hydroxylation is 1. The Labute approximate surface area is 161 Å². The largest absolute Gasteiger partial charge is 0.418 e. The summed E-state index contributed by atoms with van der Waals surface area (Å²) < 4.78 is 39.5. The number of carbonyl (C=O) groups excluding carboxylic acids is 1. The van der Waals surface area contributed by atoms with Gasteiger partial charge in [-0.1, -0.05) is 47.5 Å². The van der Waals surface area contributed by atoms with Gasteiger partial charge in [0.15, 0.2) is 0 Å². The Morgan fingerprint density at radius 2 is 1.85 bits per heavy atom. The number of anilines is 1. The Bertz CT molecular complexity index is 817. The van der Waals surface area contributed by atoms with Gasteiger partial charge in [0.05, 0.1) is 22.8 Å². The number of alkyl halides is 3. The van der Waals surface area contributed by atoms with Gasteiger partial charge in [0.1, 0.15) is 0 Å². The minimum Gasteiger partial charge on any atom is -0.323 e. The molecule has 1 saturated carbocycles. The fourth-order valence-electron chi connectivity index (χ4n) is 2.93. The summed E-state index contributed by atoms with van der Waals surface area (Å²) in [6.07, 6.45) is -2.62. The lowest BCUT2D eigenvalue weighted by Crippen LogP contribution is -2.35. The molecule has 0 aliphatic heterocycles. The highest BCUT2D eigenvalue weighted by molar-refractivity contribution is 6.34. The van der Waals surface area contributed by atoms with Gasteiger partial charge < -0.3 is 5.32 Å². The molecule has 1 N–H and O–H groups in total. The standard InChI is InChI=1S/C20H20ClF3N2O/c1-13-5-7-14(8-6-13)11-26(15-9-10-15)12-18(27)25-19-16(20(22,23)24)3-2-4-17(19)21/h2-8,15H,9-12H2,1H3,(H,25,27). The molecule has 0 heterocycles. The molecule has 3 nitrogen and oxygen atoms in total. The van der Waals surface area contributed by atoms with Crippen molar-refractivity contribution in [2.45, 2.75) is 38.5 Å². The fraction of sp³-hybridized carbons (Fsp3) is 0.350. The number of halogens is 4. The van der Waals surface area contributed by atoms with Crippen LogP contribution in [0, 0.1) is 6.92 Å². The molecule has 0 bridgehead atoms. The van der Waals surface area contributed by atoms with Crippen LogP contribution in [0.2, 0.25) is 5.02 Å². The van der Waals surface area contributed by atoms with E-state index in [-0.39, 0.29) is 23.3 Å². The molecule has 1 amide bonds. The zero-order chi connectivity index (χ0) is 19.6. The van der Waals surface area contributed by atoms with E-state index in [0.717, 1.165) is 30.0 Å². The normalized spacial score (nSPS) is 14.4. The summed E-state index contributed by atoms with van der Waals surface area (Å²) in [5.41, 5.74) is 0.879. The smallest absolute Gasteiger partial charge is 0.323 e. The van der Waals surface area contributed by atoms with Crippen LogP contribution in [-0.4, -0.2) is 23.4 Å². The Morgan fingerprint density at radius 3 is 2.44 bits per heavy atom. The predicted molar refractivity (Wildman–Crippen MR) is 99.7 cm³/mol. The Balaban J connectivity index is 1.71. The van der Waals surface area contributed by atoms with E-state index in [1.165, 1.54) is 12.1 Å². The fourth-order valence-corrected chi connectivity index (χ4v) is 3.15. The van der Waals surface area contributed by atoms with Gasteiger partial charge in [0.25, 0.3) is 0 Å². The number of amides is 1. The van der Waals surface area contributed by atoms with E-state index >= 15 is 0 Å². The third kappa shape index (κ3) is 5.23. The number of benzene rings is 2. The third-order valence-electron chi connectivity index (χ3n) is 4.50. The first-order valence-corrected chi connectivity index (χ1v) is 9.07. The van der Waals surface area contributed by atoms with Gasteiger partial charge >= 0.3 is 6.18 Å². The maximum Gasteiger partial charge on any atom is 0.418 e. The average Bonchev–Trinajstić information content (AvgIpc) is 3.42. The number of hydrogen-bond acceptors (Lipinski definition) is 2. The van der Waals surface area contributed by atoms with E-state index in [1.807, 2.05) is 36.1 Å². The van der Waals surface area contributed by atoms with Gasteiger partial charge in [-0.3, -0.25) is 9.69 Å². The Morgan fingerprint density at radius 1 is 1.19 bits per heavy atom. The highest BCUT2D eigenvalue weighted by atomic mass is 35.5. The second kappa shape index (κ2) is 7.90. The summed E-state index contributed by atoms with van der Waals surface area (Å²) in [4.78, 5) is 14.4. The van der Waals surface area contributed by atoms with Crippen molar-refractivity contribution in [3.63, 3.8) is 0 Å². The van der Waals surface area contributed by atoms with E-state index in [1.54, 1.807) is 0 Å². The molecule has 2 aromatic carbocycles. The monoisotopic (exact) mass is 396 g/mol. The van der Waals surface area contributed by atoms with Gasteiger partial charge in [0.2, 0.25) is 5.91 Å². The Kier molecular flexibility index (Phi) is 5.77. The number of nitrogens with one attached hydrogen (secondary N) is 1. The first kappa shape index (κ1) is 19.7. The third-order valence-corrected chi connectivity index (χ3v) is 4.81. The number of rotatable bonds is 6. The summed E-state index contributed by atoms with van der Waals surface area (Å²) in [5.74, 6) is -0.507. The molecule has 0 radical (unpaired) electrons. The molecular formula is C20H20ClF3N2O. The van der Waals surface area contributed by atoms with Crippen LogP contribution >= 0.6 is 11.6 Å². The van der Waals surface area contributed by atoms with Crippen molar-refractivity contribution in [2.75, 3.05) is 11.9 Å². The number of hydrogen-bond donors (Lipinski definition) is 1. The molecule has 0 aromatic heterocycles. The minimum atomic E-state index is -4.59. The van der Waals surface area contributed by atoms with Crippen LogP contribution in [0.25, 0.3) is 0 Å². The molecule has 7 heteroatoms. The number of para-hydroxylation sites is 1. The molecular weight excluding hydrogens is 377 g/mol. The predicted octanol–water partition coefficient (Wildman–Crippen LogP) is 5.27. The molecule has 0 spiro atoms. The summed E-state index contributed by atoms with van der Waals surface area (Å²) in [6, 6.07) is 11.7. The molecule has 27 heavy (non-hydrogen) atoms. The first-order valence-electron chi connectivity index (χ1n) is 8.69. The van der Waals surface area contributed by atoms with E-state index < -0.39 is 17.6 Å². The molecule has 1 aliphatic carbocycles. The van der Waals surface area contributed by atoms with Gasteiger partial charge in [-0.15, -0.1) is 0 Å². The molecule has 0 saturated heterocycles. The van der Waals surface area contributed by atoms with E-state index in [4.69, 9.17) is 11.6 Å². The molecule has 0 unspecified atom stereocenters. The van der Waals surface area contributed by atoms with Crippen molar-refractivity contribution in [1.82, 2.24) is 4.90 Å². The average molecular weight is 397 g/mol. The van der Waals surface area contributed by atoms with Crippen molar-refractivity contribution in [3.8, 4) is 0 Å². The van der Waals surface area contributed by atoms with Gasteiger partial charge in [0, 0.05) is 12.6 Å². The van der Waals surface area contributed by atoms with Crippen LogP contribution in [0.5, 0.6) is 0 Å². The van der Waals surface area contributed by atoms with Gasteiger partial charge in [-0.2, -0.15) is 13.2 Å². The number of carbonyl (C=O) groups is 1. The summed E-state index contributed by atoms with van der Waals surface area (Å²) in [6.45, 7) is 2.59. The molecule has 1 fully saturated rings. The van der Waals surface area contributed by atoms with Crippen molar-refractivity contribution in [1.29, 1.82) is 0 Å². The summed E-state index contributed by atoms with van der Waals surface area (Å²) in [5, 5.41) is 2.23. The van der Waals surface area contributed by atoms with E-state index in [9.17, 15) is 18.0 Å². The van der Waals surface area contributed by atoms with E-state index in [0.29, 0.717) is 6.54 Å². The van der Waals surface area contributed by atoms with E-state index in [2.05, 4.69) is 5.32 Å². The maximum absolute atomic E-state index is 13.2. The zero-order valence-electron chi connectivity index (χ0n) is 14.8. The van der Waals surface area contributed by atoms with Crippen LogP contribution < -0.4 is 5.32 Å². The van der Waals surface area contributed by atoms with Crippen molar-refractivity contribution < 1.29 is 18.0 Å². The SMILES string of the molecule is Cc1ccc(CN(CC(=O)Nc2c(Cl)cccc2C(F)(F)F)C2CC2)cc1. The second-order valence-electron chi connectivity index (χ2n) is 6.83. The minimum absolute atomic E-state index is 0.0149. The second-order valence-corrected chi connectivity index (χ2v) is 7.24. The van der Waals surface area contributed by atoms with Crippen molar-refractivity contribution in [2.24, 2.45) is 0 Å². The topological polar surface area (TPSA) is 32.3 Å². The van der Waals surface area contributed by atoms with Gasteiger partial charge in [-0.05, 0) is 37.5 Å². The highest BCUT2D eigenvalue weighted by Gasteiger charge is 2.35. The van der Waals surface area contributed by atoms with Crippen molar-refractivity contribution in [3.05, 3.63) is 64.2 Å². The van der Waals surface area contributed by atoms with Crippen LogP contribution in [-0.2, 0) is 17.5 Å². The molecule has 2 aromatic rings. The van der Waals surface area contributed by atoms with Gasteiger partial charge in [-0.25, -0.2) is 0 Å². The quantitative estimate of drug-likeness (QED) is 0.721. The van der Waals surface area contributed by atoms with Crippen LogP contribution in [0.3, 0.4) is 0 Å². The highest BCUT2D eigenvalue weighted by Crippen LogP contribution is 2.38. The lowest BCUT2D eigenvalue weighted by molar-refractivity contribution is -0.137. The maximum atomic E-state index is 13.2. The van der Waals surface area contributed by atoms with Crippen LogP contribution in [0.4, 0.5) is 18.9 Å². The van der Waals surface area contributed by atoms with Crippen LogP contribution in [0.1, 0.15) is 29.5 Å². The van der Waals surface area contributed by atoms with Crippen molar-refractivity contribution >= 4 is 23.2 Å². The molecule has 0 atom stereocenters. The van der Waals surface area contributed by atoms with Crippen LogP contribution in [0.15, 0.2) is 42.5 Å². The molecule has 3 rings (SSSR count). The number of nitrogens with zero attached hydrogens (tertiary/aromatic N) is 1. The summed E-state index contributed by atoms with van der Waals surface area (Å²) in [7, 11) is 0. The lowest BCUT2D eigenvalue weighted by atomic mass is 10.1. The Hall–Kier alpha value is -2.05. The lowest BCUT2D eigenvalue weighted by Gasteiger charge is -2.22. The molecule has 144 valence electrons. The zero-order valence-corrected chi connectivity index (χ0v) is 15.6. The summed E-state index contributed by atoms with van der Waals surface area (Å²) >= 11 is 5.91. The molecule has 1 aliphatic rings. The first-order chi connectivity index (χ1) is 12.7.